The van der Waals surface area contributed by atoms with E-state index in [4.69, 9.17) is 10.8 Å². The molecule has 0 radical (unpaired) electrons. The number of hydrogen-bond donors (Lipinski definition) is 3. The van der Waals surface area contributed by atoms with Crippen molar-refractivity contribution in [2.45, 2.75) is 13.0 Å². The highest BCUT2D eigenvalue weighted by atomic mass is 32.1. The summed E-state index contributed by atoms with van der Waals surface area (Å²) in [6.45, 7) is 1.82. The Bertz CT molecular complexity index is 656. The summed E-state index contributed by atoms with van der Waals surface area (Å²) in [6.07, 6.45) is 0. The van der Waals surface area contributed by atoms with E-state index in [1.165, 1.54) is 22.8 Å². The van der Waals surface area contributed by atoms with Gasteiger partial charge >= 0.3 is 5.97 Å². The topological polar surface area (TPSA) is 118 Å². The molecule has 2 heterocycles. The number of aromatic nitrogens is 2. The highest BCUT2D eigenvalue weighted by Gasteiger charge is 2.14. The summed E-state index contributed by atoms with van der Waals surface area (Å²) in [4.78, 5) is 29.9. The van der Waals surface area contributed by atoms with Crippen LogP contribution in [0, 0.1) is 0 Å². The summed E-state index contributed by atoms with van der Waals surface area (Å²) in [5.41, 5.74) is 5.33. The van der Waals surface area contributed by atoms with Crippen LogP contribution in [0.2, 0.25) is 0 Å². The highest BCUT2D eigenvalue weighted by molar-refractivity contribution is 7.09. The fourth-order valence-electron chi connectivity index (χ4n) is 1.52. The van der Waals surface area contributed by atoms with E-state index in [2.05, 4.69) is 15.3 Å². The molecule has 0 saturated heterocycles. The van der Waals surface area contributed by atoms with Gasteiger partial charge in [-0.15, -0.1) is 11.3 Å². The Morgan fingerprint density at radius 1 is 1.35 bits per heavy atom. The van der Waals surface area contributed by atoms with Gasteiger partial charge in [0.05, 0.1) is 6.04 Å². The molecule has 0 spiro atoms. The van der Waals surface area contributed by atoms with Gasteiger partial charge in [0.25, 0.3) is 5.91 Å². The van der Waals surface area contributed by atoms with E-state index in [0.29, 0.717) is 10.8 Å². The van der Waals surface area contributed by atoms with E-state index in [1.54, 1.807) is 12.1 Å². The van der Waals surface area contributed by atoms with Crippen LogP contribution in [0.15, 0.2) is 23.6 Å². The van der Waals surface area contributed by atoms with Crippen LogP contribution in [0.1, 0.15) is 39.0 Å². The van der Waals surface area contributed by atoms with Crippen LogP contribution in [0.3, 0.4) is 0 Å². The molecule has 1 atom stereocenters. The molecule has 8 heteroatoms. The van der Waals surface area contributed by atoms with E-state index < -0.39 is 11.9 Å². The second kappa shape index (κ2) is 5.66. The van der Waals surface area contributed by atoms with Crippen molar-refractivity contribution in [3.8, 4) is 0 Å². The van der Waals surface area contributed by atoms with Crippen molar-refractivity contribution in [2.24, 2.45) is 5.73 Å². The third kappa shape index (κ3) is 3.09. The van der Waals surface area contributed by atoms with Crippen molar-refractivity contribution in [2.75, 3.05) is 5.32 Å². The number of nitrogens with one attached hydrogen (secondary N) is 1. The zero-order valence-electron chi connectivity index (χ0n) is 10.5. The average Bonchev–Trinajstić information content (AvgIpc) is 2.88. The Hall–Kier alpha value is -2.48. The number of amides is 1. The second-order valence-electron chi connectivity index (χ2n) is 4.01. The van der Waals surface area contributed by atoms with E-state index in [9.17, 15) is 9.59 Å². The van der Waals surface area contributed by atoms with Crippen LogP contribution in [-0.4, -0.2) is 27.0 Å². The number of thiazole rings is 1. The first-order chi connectivity index (χ1) is 9.47. The summed E-state index contributed by atoms with van der Waals surface area (Å²) in [6, 6.07) is 4.63. The molecule has 0 fully saturated rings. The van der Waals surface area contributed by atoms with Gasteiger partial charge in [0.2, 0.25) is 0 Å². The maximum Gasteiger partial charge on any atom is 0.355 e. The largest absolute Gasteiger partial charge is 0.476 e. The Kier molecular flexibility index (Phi) is 3.94. The number of hydrogen-bond acceptors (Lipinski definition) is 6. The average molecular weight is 292 g/mol. The molecule has 0 aliphatic heterocycles. The van der Waals surface area contributed by atoms with Gasteiger partial charge in [0, 0.05) is 5.38 Å². The predicted molar refractivity (Wildman–Crippen MR) is 73.9 cm³/mol. The summed E-state index contributed by atoms with van der Waals surface area (Å²) in [5.74, 6) is -1.20. The molecular formula is C12H12N4O3S. The van der Waals surface area contributed by atoms with Gasteiger partial charge in [-0.1, -0.05) is 6.07 Å². The summed E-state index contributed by atoms with van der Waals surface area (Å²) < 4.78 is 0. The van der Waals surface area contributed by atoms with Crippen molar-refractivity contribution in [1.82, 2.24) is 9.97 Å². The minimum atomic E-state index is -1.06. The normalized spacial score (nSPS) is 11.8. The van der Waals surface area contributed by atoms with Crippen LogP contribution in [-0.2, 0) is 0 Å². The number of nitrogens with zero attached hydrogens (tertiary/aromatic N) is 2. The van der Waals surface area contributed by atoms with Gasteiger partial charge < -0.3 is 16.2 Å². The number of carbonyl (C=O) groups excluding carboxylic acids is 1. The molecule has 2 rings (SSSR count). The van der Waals surface area contributed by atoms with Gasteiger partial charge in [-0.05, 0) is 19.1 Å². The lowest BCUT2D eigenvalue weighted by Crippen LogP contribution is -2.15. The fraction of sp³-hybridized carbons (Fsp3) is 0.167. The molecule has 0 aromatic carbocycles. The van der Waals surface area contributed by atoms with Crippen molar-refractivity contribution < 1.29 is 14.7 Å². The lowest BCUT2D eigenvalue weighted by atomic mass is 10.3. The molecule has 7 nitrogen and oxygen atoms in total. The first kappa shape index (κ1) is 13.9. The van der Waals surface area contributed by atoms with Gasteiger partial charge in [-0.3, -0.25) is 4.79 Å². The predicted octanol–water partition coefficient (Wildman–Crippen LogP) is 1.51. The summed E-state index contributed by atoms with van der Waals surface area (Å²) in [5, 5.41) is 14.0. The van der Waals surface area contributed by atoms with E-state index in [-0.39, 0.29) is 17.4 Å². The van der Waals surface area contributed by atoms with Gasteiger partial charge in [0.15, 0.2) is 5.69 Å². The summed E-state index contributed by atoms with van der Waals surface area (Å²) in [7, 11) is 0. The number of pyridine rings is 1. The molecule has 0 saturated carbocycles. The molecule has 1 unspecified atom stereocenters. The third-order valence-electron chi connectivity index (χ3n) is 2.48. The number of nitrogens with two attached hydrogens (primary N) is 1. The summed E-state index contributed by atoms with van der Waals surface area (Å²) >= 11 is 1.24. The maximum atomic E-state index is 11.0. The van der Waals surface area contributed by atoms with Crippen LogP contribution in [0.25, 0.3) is 0 Å². The Morgan fingerprint density at radius 2 is 2.10 bits per heavy atom. The lowest BCUT2D eigenvalue weighted by Gasteiger charge is -2.12. The highest BCUT2D eigenvalue weighted by Crippen LogP contribution is 2.21. The quantitative estimate of drug-likeness (QED) is 0.768. The number of carboxylic acid groups (broad SMARTS) is 1. The molecule has 4 N–H and O–H groups in total. The lowest BCUT2D eigenvalue weighted by molar-refractivity contribution is 0.0691. The van der Waals surface area contributed by atoms with Crippen LogP contribution < -0.4 is 11.1 Å². The number of carboxylic acids is 1. The van der Waals surface area contributed by atoms with Gasteiger partial charge in [-0.2, -0.15) is 0 Å². The smallest absolute Gasteiger partial charge is 0.355 e. The first-order valence-corrected chi connectivity index (χ1v) is 6.57. The molecule has 2 aromatic rings. The monoisotopic (exact) mass is 292 g/mol. The molecule has 0 bridgehead atoms. The van der Waals surface area contributed by atoms with Gasteiger partial charge in [-0.25, -0.2) is 14.8 Å². The molecule has 1 amide bonds. The Labute approximate surface area is 118 Å². The minimum absolute atomic E-state index is 0.0116. The number of rotatable bonds is 5. The van der Waals surface area contributed by atoms with Crippen LogP contribution in [0.4, 0.5) is 5.82 Å². The van der Waals surface area contributed by atoms with Crippen molar-refractivity contribution in [1.29, 1.82) is 0 Å². The SMILES string of the molecule is CC(Nc1cccc(C(N)=O)n1)c1nc(C(=O)O)cs1. The van der Waals surface area contributed by atoms with Crippen LogP contribution in [0.5, 0.6) is 0 Å². The van der Waals surface area contributed by atoms with E-state index >= 15 is 0 Å². The van der Waals surface area contributed by atoms with E-state index in [0.717, 1.165) is 0 Å². The maximum absolute atomic E-state index is 11.0. The number of anilines is 1. The van der Waals surface area contributed by atoms with Crippen molar-refractivity contribution in [3.63, 3.8) is 0 Å². The Balaban J connectivity index is 2.14. The Morgan fingerprint density at radius 3 is 2.70 bits per heavy atom. The fourth-order valence-corrected chi connectivity index (χ4v) is 2.32. The number of carbonyl (C=O) groups is 2. The zero-order valence-corrected chi connectivity index (χ0v) is 11.3. The first-order valence-electron chi connectivity index (χ1n) is 5.69. The van der Waals surface area contributed by atoms with Crippen LogP contribution >= 0.6 is 11.3 Å². The standard InChI is InChI=1S/C12H12N4O3S/c1-6(11-16-8(5-20-11)12(18)19)14-9-4-2-3-7(15-9)10(13)17/h2-6H,1H3,(H2,13,17)(H,14,15)(H,18,19). The molecule has 104 valence electrons. The van der Waals surface area contributed by atoms with E-state index in [1.807, 2.05) is 6.92 Å². The van der Waals surface area contributed by atoms with Crippen molar-refractivity contribution >= 4 is 29.0 Å². The molecule has 0 aliphatic rings. The zero-order chi connectivity index (χ0) is 14.7. The number of primary amides is 1. The molecule has 0 aliphatic carbocycles. The third-order valence-corrected chi connectivity index (χ3v) is 3.50. The minimum Gasteiger partial charge on any atom is -0.476 e. The molecule has 20 heavy (non-hydrogen) atoms. The molecule has 2 aromatic heterocycles. The number of aromatic carboxylic acids is 1. The second-order valence-corrected chi connectivity index (χ2v) is 4.90. The molecular weight excluding hydrogens is 280 g/mol. The van der Waals surface area contributed by atoms with Gasteiger partial charge in [0.1, 0.15) is 16.5 Å². The van der Waals surface area contributed by atoms with Crippen molar-refractivity contribution in [3.05, 3.63) is 40.0 Å².